The summed E-state index contributed by atoms with van der Waals surface area (Å²) in [5.41, 5.74) is 1.37. The van der Waals surface area contributed by atoms with E-state index in [0.717, 1.165) is 18.4 Å². The molecule has 2 N–H and O–H groups in total. The number of nitrogens with zero attached hydrogens (tertiary/aromatic N) is 1. The summed E-state index contributed by atoms with van der Waals surface area (Å²) in [5, 5.41) is 12.3. The Bertz CT molecular complexity index is 1040. The fourth-order valence-electron chi connectivity index (χ4n) is 4.62. The Morgan fingerprint density at radius 3 is 2.40 bits per heavy atom. The van der Waals surface area contributed by atoms with Crippen molar-refractivity contribution in [2.75, 3.05) is 5.32 Å². The van der Waals surface area contributed by atoms with Gasteiger partial charge in [-0.15, -0.1) is 0 Å². The molecule has 2 fully saturated rings. The van der Waals surface area contributed by atoms with Crippen LogP contribution in [0.1, 0.15) is 31.2 Å². The molecule has 1 amide bonds. The van der Waals surface area contributed by atoms with Crippen LogP contribution in [0.3, 0.4) is 0 Å². The van der Waals surface area contributed by atoms with E-state index in [9.17, 15) is 23.1 Å². The summed E-state index contributed by atoms with van der Waals surface area (Å²) in [5.74, 6) is -1.19. The highest BCUT2D eigenvalue weighted by atomic mass is 32.2. The lowest BCUT2D eigenvalue weighted by Gasteiger charge is -2.26. The Kier molecular flexibility index (Phi) is 5.62. The molecule has 4 rings (SSSR count). The molecule has 158 valence electrons. The molecule has 1 aliphatic heterocycles. The third-order valence-electron chi connectivity index (χ3n) is 5.99. The largest absolute Gasteiger partial charge is 0.480 e. The Labute approximate surface area is 175 Å². The molecule has 1 unspecified atom stereocenters. The van der Waals surface area contributed by atoms with Crippen molar-refractivity contribution in [1.29, 1.82) is 0 Å². The number of amides is 1. The molecule has 1 aliphatic carbocycles. The fourth-order valence-corrected chi connectivity index (χ4v) is 6.49. The number of benzene rings is 2. The van der Waals surface area contributed by atoms with E-state index in [0.29, 0.717) is 18.5 Å². The molecule has 2 aliphatic rings. The first-order chi connectivity index (χ1) is 14.4. The number of nitrogens with one attached hydrogen (secondary N) is 1. The molecule has 3 atom stereocenters. The number of hydrogen-bond donors (Lipinski definition) is 2. The van der Waals surface area contributed by atoms with E-state index in [-0.39, 0.29) is 29.2 Å². The molecule has 30 heavy (non-hydrogen) atoms. The van der Waals surface area contributed by atoms with E-state index in [1.165, 1.54) is 28.6 Å². The van der Waals surface area contributed by atoms with Gasteiger partial charge in [0.05, 0.1) is 11.3 Å². The van der Waals surface area contributed by atoms with Crippen LogP contribution in [0.4, 0.5) is 5.69 Å². The lowest BCUT2D eigenvalue weighted by atomic mass is 10.0. The standard InChI is InChI=1S/C22H24N2O5S/c25-21(13-15-5-2-1-3-6-15)23-17-9-11-18(12-10-17)30(28,29)24-19-8-4-7-16(19)14-20(24)22(26)27/h1-3,5-6,9-12,16,19-20H,4,7-8,13-14H2,(H,23,25)(H,26,27)/t16-,19-,20?/m1/s1. The summed E-state index contributed by atoms with van der Waals surface area (Å²) >= 11 is 0. The van der Waals surface area contributed by atoms with Crippen LogP contribution in [-0.2, 0) is 26.0 Å². The number of sulfonamides is 1. The van der Waals surface area contributed by atoms with E-state index in [4.69, 9.17) is 0 Å². The highest BCUT2D eigenvalue weighted by Crippen LogP contribution is 2.44. The quantitative estimate of drug-likeness (QED) is 0.736. The molecule has 7 nitrogen and oxygen atoms in total. The van der Waals surface area contributed by atoms with Gasteiger partial charge in [-0.1, -0.05) is 36.8 Å². The monoisotopic (exact) mass is 428 g/mol. The second-order valence-corrected chi connectivity index (χ2v) is 9.76. The van der Waals surface area contributed by atoms with Crippen molar-refractivity contribution in [3.8, 4) is 0 Å². The number of hydrogen-bond acceptors (Lipinski definition) is 4. The molecule has 0 radical (unpaired) electrons. The van der Waals surface area contributed by atoms with Crippen LogP contribution >= 0.6 is 0 Å². The van der Waals surface area contributed by atoms with Crippen molar-refractivity contribution in [3.05, 3.63) is 60.2 Å². The maximum Gasteiger partial charge on any atom is 0.322 e. The van der Waals surface area contributed by atoms with Gasteiger partial charge in [0, 0.05) is 11.7 Å². The number of carbonyl (C=O) groups excluding carboxylic acids is 1. The van der Waals surface area contributed by atoms with Crippen molar-refractivity contribution in [2.24, 2.45) is 5.92 Å². The molecule has 1 heterocycles. The first-order valence-electron chi connectivity index (χ1n) is 10.1. The Morgan fingerprint density at radius 2 is 1.73 bits per heavy atom. The molecule has 0 spiro atoms. The Morgan fingerprint density at radius 1 is 1.03 bits per heavy atom. The zero-order valence-corrected chi connectivity index (χ0v) is 17.2. The molecule has 1 saturated heterocycles. The van der Waals surface area contributed by atoms with Crippen molar-refractivity contribution >= 4 is 27.6 Å². The number of carboxylic acid groups (broad SMARTS) is 1. The van der Waals surface area contributed by atoms with E-state index in [1.807, 2.05) is 30.3 Å². The fraction of sp³-hybridized carbons (Fsp3) is 0.364. The molecule has 2 aromatic carbocycles. The van der Waals surface area contributed by atoms with Gasteiger partial charge in [0.25, 0.3) is 0 Å². The lowest BCUT2D eigenvalue weighted by Crippen LogP contribution is -2.44. The van der Waals surface area contributed by atoms with Crippen LogP contribution < -0.4 is 5.32 Å². The van der Waals surface area contributed by atoms with E-state index >= 15 is 0 Å². The summed E-state index contributed by atoms with van der Waals surface area (Å²) in [7, 11) is -3.94. The first kappa shape index (κ1) is 20.6. The smallest absolute Gasteiger partial charge is 0.322 e. The SMILES string of the molecule is O=C(Cc1ccccc1)Nc1ccc(S(=O)(=O)N2C(C(=O)O)C[C@H]3CCC[C@H]32)cc1. The van der Waals surface area contributed by atoms with Gasteiger partial charge in [0.2, 0.25) is 15.9 Å². The van der Waals surface area contributed by atoms with Gasteiger partial charge >= 0.3 is 5.97 Å². The average Bonchev–Trinajstić information content (AvgIpc) is 3.30. The van der Waals surface area contributed by atoms with Crippen molar-refractivity contribution in [1.82, 2.24) is 4.31 Å². The topological polar surface area (TPSA) is 104 Å². The van der Waals surface area contributed by atoms with Crippen molar-refractivity contribution in [3.63, 3.8) is 0 Å². The van der Waals surface area contributed by atoms with Gasteiger partial charge in [-0.3, -0.25) is 9.59 Å². The summed E-state index contributed by atoms with van der Waals surface area (Å²) in [6.07, 6.45) is 3.07. The van der Waals surface area contributed by atoms with Crippen LogP contribution in [0, 0.1) is 5.92 Å². The van der Waals surface area contributed by atoms with Crippen LogP contribution in [0.2, 0.25) is 0 Å². The minimum atomic E-state index is -3.94. The molecule has 0 aromatic heterocycles. The van der Waals surface area contributed by atoms with E-state index < -0.39 is 22.0 Å². The zero-order valence-electron chi connectivity index (χ0n) is 16.4. The zero-order chi connectivity index (χ0) is 21.3. The molecular formula is C22H24N2O5S. The maximum absolute atomic E-state index is 13.2. The van der Waals surface area contributed by atoms with Crippen LogP contribution in [0.25, 0.3) is 0 Å². The number of carbonyl (C=O) groups is 2. The van der Waals surface area contributed by atoms with Crippen molar-refractivity contribution in [2.45, 2.75) is 49.1 Å². The minimum absolute atomic E-state index is 0.0439. The highest BCUT2D eigenvalue weighted by molar-refractivity contribution is 7.89. The molecular weight excluding hydrogens is 404 g/mol. The van der Waals surface area contributed by atoms with Crippen LogP contribution in [-0.4, -0.2) is 41.8 Å². The average molecular weight is 429 g/mol. The summed E-state index contributed by atoms with van der Waals surface area (Å²) in [6, 6.07) is 14.0. The molecule has 1 saturated carbocycles. The van der Waals surface area contributed by atoms with Gasteiger partial charge in [-0.2, -0.15) is 4.31 Å². The van der Waals surface area contributed by atoms with E-state index in [1.54, 1.807) is 0 Å². The van der Waals surface area contributed by atoms with Crippen LogP contribution in [0.5, 0.6) is 0 Å². The number of rotatable bonds is 6. The molecule has 0 bridgehead atoms. The minimum Gasteiger partial charge on any atom is -0.480 e. The van der Waals surface area contributed by atoms with Gasteiger partial charge in [0.1, 0.15) is 6.04 Å². The third kappa shape index (κ3) is 3.97. The second kappa shape index (κ2) is 8.20. The second-order valence-electron chi connectivity index (χ2n) is 7.92. The Hall–Kier alpha value is -2.71. The predicted octanol–water partition coefficient (Wildman–Crippen LogP) is 2.88. The summed E-state index contributed by atoms with van der Waals surface area (Å²) < 4.78 is 27.7. The third-order valence-corrected chi connectivity index (χ3v) is 7.93. The van der Waals surface area contributed by atoms with Crippen LogP contribution in [0.15, 0.2) is 59.5 Å². The maximum atomic E-state index is 13.2. The number of anilines is 1. The summed E-state index contributed by atoms with van der Waals surface area (Å²) in [6.45, 7) is 0. The highest BCUT2D eigenvalue weighted by Gasteiger charge is 2.52. The number of aliphatic carboxylic acids is 1. The van der Waals surface area contributed by atoms with Gasteiger partial charge in [-0.25, -0.2) is 8.42 Å². The number of carboxylic acids is 1. The van der Waals surface area contributed by atoms with Gasteiger partial charge in [-0.05, 0) is 55.0 Å². The van der Waals surface area contributed by atoms with Gasteiger partial charge < -0.3 is 10.4 Å². The number of fused-ring (bicyclic) bond motifs is 1. The lowest BCUT2D eigenvalue weighted by molar-refractivity contribution is -0.141. The van der Waals surface area contributed by atoms with Crippen molar-refractivity contribution < 1.29 is 23.1 Å². The normalized spacial score (nSPS) is 23.8. The Balaban J connectivity index is 1.50. The first-order valence-corrected chi connectivity index (χ1v) is 11.5. The molecule has 8 heteroatoms. The summed E-state index contributed by atoms with van der Waals surface area (Å²) in [4.78, 5) is 23.9. The van der Waals surface area contributed by atoms with Gasteiger partial charge in [0.15, 0.2) is 0 Å². The predicted molar refractivity (Wildman–Crippen MR) is 111 cm³/mol. The molecule has 2 aromatic rings. The van der Waals surface area contributed by atoms with E-state index in [2.05, 4.69) is 5.32 Å².